The predicted octanol–water partition coefficient (Wildman–Crippen LogP) is 2.92. The number of amides is 1. The maximum absolute atomic E-state index is 12.5. The highest BCUT2D eigenvalue weighted by atomic mass is 19.4. The first-order chi connectivity index (χ1) is 13.2. The first-order valence-electron chi connectivity index (χ1n) is 8.30. The summed E-state index contributed by atoms with van der Waals surface area (Å²) in [4.78, 5) is 28.9. The molecule has 9 heteroatoms. The van der Waals surface area contributed by atoms with Crippen molar-refractivity contribution in [3.05, 3.63) is 70.3 Å². The number of fused-ring (bicyclic) bond motifs is 1. The average Bonchev–Trinajstić information content (AvgIpc) is 2.63. The van der Waals surface area contributed by atoms with Gasteiger partial charge < -0.3 is 10.1 Å². The Labute approximate surface area is 157 Å². The maximum Gasteiger partial charge on any atom is 0.573 e. The second kappa shape index (κ2) is 7.71. The van der Waals surface area contributed by atoms with Gasteiger partial charge in [0.2, 0.25) is 5.91 Å². The van der Waals surface area contributed by atoms with Crippen molar-refractivity contribution in [3.8, 4) is 5.75 Å². The molecule has 0 saturated carbocycles. The predicted molar refractivity (Wildman–Crippen MR) is 95.7 cm³/mol. The minimum Gasteiger partial charge on any atom is -0.405 e. The molecule has 0 fully saturated rings. The minimum absolute atomic E-state index is 0.160. The maximum atomic E-state index is 12.5. The molecule has 3 aromatic rings. The minimum atomic E-state index is -4.83. The molecule has 0 aliphatic carbocycles. The summed E-state index contributed by atoms with van der Waals surface area (Å²) in [5, 5.41) is 2.87. The summed E-state index contributed by atoms with van der Waals surface area (Å²) >= 11 is 0. The van der Waals surface area contributed by atoms with Gasteiger partial charge in [0.1, 0.15) is 12.3 Å². The molecule has 0 unspecified atom stereocenters. The number of rotatable bonds is 5. The lowest BCUT2D eigenvalue weighted by molar-refractivity contribution is -0.274. The van der Waals surface area contributed by atoms with E-state index in [0.717, 1.165) is 16.2 Å². The van der Waals surface area contributed by atoms with Gasteiger partial charge >= 0.3 is 6.36 Å². The molecular weight excluding hydrogens is 375 g/mol. The van der Waals surface area contributed by atoms with Crippen molar-refractivity contribution < 1.29 is 22.7 Å². The Kier molecular flexibility index (Phi) is 5.34. The van der Waals surface area contributed by atoms with Crippen molar-refractivity contribution in [1.29, 1.82) is 0 Å². The van der Waals surface area contributed by atoms with Crippen LogP contribution >= 0.6 is 0 Å². The fourth-order valence-electron chi connectivity index (χ4n) is 2.73. The van der Waals surface area contributed by atoms with Gasteiger partial charge in [-0.25, -0.2) is 4.98 Å². The van der Waals surface area contributed by atoms with E-state index in [9.17, 15) is 22.8 Å². The van der Waals surface area contributed by atoms with Crippen molar-refractivity contribution >= 4 is 16.8 Å². The standard InChI is InChI=1S/C19H16F3N3O3/c1-12-5-4-7-14-17(12)24-11-25(18(14)27)10-16(26)23-9-13-6-2-3-8-15(13)28-19(20,21)22/h2-8,11H,9-10H2,1H3,(H,23,26). The molecule has 6 nitrogen and oxygen atoms in total. The summed E-state index contributed by atoms with van der Waals surface area (Å²) in [6.07, 6.45) is -3.56. The van der Waals surface area contributed by atoms with E-state index in [1.165, 1.54) is 24.5 Å². The second-order valence-electron chi connectivity index (χ2n) is 6.08. The van der Waals surface area contributed by atoms with Gasteiger partial charge in [-0.2, -0.15) is 0 Å². The van der Waals surface area contributed by atoms with Gasteiger partial charge in [0.05, 0.1) is 17.2 Å². The molecule has 3 rings (SSSR count). The van der Waals surface area contributed by atoms with Crippen molar-refractivity contribution in [1.82, 2.24) is 14.9 Å². The van der Waals surface area contributed by atoms with Gasteiger partial charge in [0.15, 0.2) is 0 Å². The number of aryl methyl sites for hydroxylation is 1. The summed E-state index contributed by atoms with van der Waals surface area (Å²) in [5.74, 6) is -0.937. The third kappa shape index (κ3) is 4.48. The first-order valence-corrected chi connectivity index (χ1v) is 8.30. The molecule has 0 aliphatic rings. The Morgan fingerprint density at radius 2 is 1.93 bits per heavy atom. The first kappa shape index (κ1) is 19.4. The van der Waals surface area contributed by atoms with Crippen LogP contribution in [-0.4, -0.2) is 21.8 Å². The van der Waals surface area contributed by atoms with E-state index in [0.29, 0.717) is 10.9 Å². The topological polar surface area (TPSA) is 73.2 Å². The largest absolute Gasteiger partial charge is 0.573 e. The number of hydrogen-bond acceptors (Lipinski definition) is 4. The number of halogens is 3. The number of nitrogens with zero attached hydrogens (tertiary/aromatic N) is 2. The molecule has 0 radical (unpaired) electrons. The molecular formula is C19H16F3N3O3. The molecule has 146 valence electrons. The van der Waals surface area contributed by atoms with Crippen LogP contribution in [0.25, 0.3) is 10.9 Å². The molecule has 1 aromatic heterocycles. The van der Waals surface area contributed by atoms with Crippen LogP contribution in [-0.2, 0) is 17.9 Å². The van der Waals surface area contributed by atoms with E-state index in [1.807, 2.05) is 13.0 Å². The highest BCUT2D eigenvalue weighted by Crippen LogP contribution is 2.26. The average molecular weight is 391 g/mol. The fourth-order valence-corrected chi connectivity index (χ4v) is 2.73. The van der Waals surface area contributed by atoms with Crippen LogP contribution in [0.5, 0.6) is 5.75 Å². The van der Waals surface area contributed by atoms with E-state index in [2.05, 4.69) is 15.0 Å². The lowest BCUT2D eigenvalue weighted by Crippen LogP contribution is -2.32. The summed E-state index contributed by atoms with van der Waals surface area (Å²) in [6, 6.07) is 10.7. The van der Waals surface area contributed by atoms with Gasteiger partial charge in [0, 0.05) is 12.1 Å². The van der Waals surface area contributed by atoms with Crippen LogP contribution in [0.4, 0.5) is 13.2 Å². The van der Waals surface area contributed by atoms with Crippen molar-refractivity contribution in [2.45, 2.75) is 26.4 Å². The van der Waals surface area contributed by atoms with Gasteiger partial charge in [0.25, 0.3) is 5.56 Å². The Hall–Kier alpha value is -3.36. The summed E-state index contributed by atoms with van der Waals surface area (Å²) in [7, 11) is 0. The number of ether oxygens (including phenoxy) is 1. The van der Waals surface area contributed by atoms with Crippen LogP contribution in [0.3, 0.4) is 0 Å². The number of nitrogens with one attached hydrogen (secondary N) is 1. The zero-order valence-electron chi connectivity index (χ0n) is 14.8. The monoisotopic (exact) mass is 391 g/mol. The van der Waals surface area contributed by atoms with Crippen LogP contribution in [0.2, 0.25) is 0 Å². The highest BCUT2D eigenvalue weighted by molar-refractivity contribution is 5.81. The summed E-state index contributed by atoms with van der Waals surface area (Å²) < 4.78 is 42.5. The van der Waals surface area contributed by atoms with Crippen LogP contribution < -0.4 is 15.6 Å². The molecule has 0 aliphatic heterocycles. The zero-order valence-corrected chi connectivity index (χ0v) is 14.8. The van der Waals surface area contributed by atoms with Crippen molar-refractivity contribution in [3.63, 3.8) is 0 Å². The smallest absolute Gasteiger partial charge is 0.405 e. The zero-order chi connectivity index (χ0) is 20.3. The van der Waals surface area contributed by atoms with E-state index in [-0.39, 0.29) is 24.2 Å². The molecule has 0 bridgehead atoms. The van der Waals surface area contributed by atoms with Crippen LogP contribution in [0, 0.1) is 6.92 Å². The van der Waals surface area contributed by atoms with E-state index >= 15 is 0 Å². The van der Waals surface area contributed by atoms with E-state index in [1.54, 1.807) is 12.1 Å². The molecule has 1 N–H and O–H groups in total. The highest BCUT2D eigenvalue weighted by Gasteiger charge is 2.31. The molecule has 28 heavy (non-hydrogen) atoms. The second-order valence-corrected chi connectivity index (χ2v) is 6.08. The number of hydrogen-bond donors (Lipinski definition) is 1. The molecule has 0 spiro atoms. The Bertz CT molecular complexity index is 1080. The van der Waals surface area contributed by atoms with Gasteiger partial charge in [-0.05, 0) is 24.6 Å². The Balaban J connectivity index is 1.72. The summed E-state index contributed by atoms with van der Waals surface area (Å²) in [5.41, 5.74) is 1.19. The van der Waals surface area contributed by atoms with Crippen molar-refractivity contribution in [2.24, 2.45) is 0 Å². The quantitative estimate of drug-likeness (QED) is 0.726. The SMILES string of the molecule is Cc1cccc2c(=O)n(CC(=O)NCc3ccccc3OC(F)(F)F)cnc12. The van der Waals surface area contributed by atoms with Gasteiger partial charge in [-0.1, -0.05) is 30.3 Å². The Morgan fingerprint density at radius 1 is 1.18 bits per heavy atom. The van der Waals surface area contributed by atoms with Gasteiger partial charge in [-0.15, -0.1) is 13.2 Å². The Morgan fingerprint density at radius 3 is 2.68 bits per heavy atom. The van der Waals surface area contributed by atoms with Crippen LogP contribution in [0.1, 0.15) is 11.1 Å². The van der Waals surface area contributed by atoms with E-state index < -0.39 is 18.0 Å². The number of benzene rings is 2. The molecule has 1 amide bonds. The summed E-state index contributed by atoms with van der Waals surface area (Å²) in [6.45, 7) is 1.34. The van der Waals surface area contributed by atoms with Gasteiger partial charge in [-0.3, -0.25) is 14.2 Å². The fraction of sp³-hybridized carbons (Fsp3) is 0.211. The molecule has 1 heterocycles. The van der Waals surface area contributed by atoms with Crippen molar-refractivity contribution in [2.75, 3.05) is 0 Å². The number of para-hydroxylation sites is 2. The molecule has 2 aromatic carbocycles. The van der Waals surface area contributed by atoms with E-state index in [4.69, 9.17) is 0 Å². The number of alkyl halides is 3. The number of carbonyl (C=O) groups is 1. The lowest BCUT2D eigenvalue weighted by atomic mass is 10.1. The molecule has 0 atom stereocenters. The lowest BCUT2D eigenvalue weighted by Gasteiger charge is -2.14. The number of carbonyl (C=O) groups excluding carboxylic acids is 1. The third-order valence-electron chi connectivity index (χ3n) is 4.04. The third-order valence-corrected chi connectivity index (χ3v) is 4.04. The molecule has 0 saturated heterocycles. The van der Waals surface area contributed by atoms with Crippen LogP contribution in [0.15, 0.2) is 53.6 Å². The number of aromatic nitrogens is 2. The normalized spacial score (nSPS) is 11.4.